The van der Waals surface area contributed by atoms with E-state index in [4.69, 9.17) is 0 Å². The van der Waals surface area contributed by atoms with Crippen LogP contribution >= 0.6 is 0 Å². The number of fused-ring (bicyclic) bond motifs is 7. The maximum Gasteiger partial charge on any atom is -0.00565 e. The first kappa shape index (κ1) is 18.7. The molecular weight excluding hydrogens is 324 g/mol. The van der Waals surface area contributed by atoms with Crippen LogP contribution in [0.5, 0.6) is 0 Å². The first-order valence-corrected chi connectivity index (χ1v) is 12.6. The van der Waals surface area contributed by atoms with E-state index in [1.54, 1.807) is 0 Å². The standard InChI is InChI=1S/C27H44/c1-5-27-16-9-7-11-22(27)21-12-13-23-24(2)15-8-6-10-20(24)14-17-26(23,4)25(21,3)18-19-27/h12,20,22-23H,5-11,13-19H2,1-4H3. The highest BCUT2D eigenvalue weighted by Gasteiger charge is 2.65. The molecule has 5 rings (SSSR count). The lowest BCUT2D eigenvalue weighted by atomic mass is 9.35. The lowest BCUT2D eigenvalue weighted by molar-refractivity contribution is -0.153. The summed E-state index contributed by atoms with van der Waals surface area (Å²) in [5.74, 6) is 2.89. The zero-order valence-electron chi connectivity index (χ0n) is 18.7. The molecule has 0 aromatic carbocycles. The van der Waals surface area contributed by atoms with Gasteiger partial charge in [-0.2, -0.15) is 0 Å². The zero-order valence-corrected chi connectivity index (χ0v) is 18.7. The molecule has 0 heterocycles. The van der Waals surface area contributed by atoms with E-state index in [2.05, 4.69) is 33.8 Å². The van der Waals surface area contributed by atoms with Crippen molar-refractivity contribution in [2.75, 3.05) is 0 Å². The molecule has 152 valence electrons. The topological polar surface area (TPSA) is 0 Å². The summed E-state index contributed by atoms with van der Waals surface area (Å²) in [5, 5.41) is 0. The number of rotatable bonds is 1. The quantitative estimate of drug-likeness (QED) is 0.408. The molecule has 0 heteroatoms. The third-order valence-electron chi connectivity index (χ3n) is 11.9. The van der Waals surface area contributed by atoms with E-state index in [0.717, 1.165) is 17.8 Å². The second-order valence-corrected chi connectivity index (χ2v) is 12.2. The van der Waals surface area contributed by atoms with E-state index < -0.39 is 0 Å². The predicted molar refractivity (Wildman–Crippen MR) is 116 cm³/mol. The molecule has 27 heavy (non-hydrogen) atoms. The van der Waals surface area contributed by atoms with Gasteiger partial charge in [-0.25, -0.2) is 0 Å². The summed E-state index contributed by atoms with van der Waals surface area (Å²) in [4.78, 5) is 0. The first-order valence-electron chi connectivity index (χ1n) is 12.6. The Labute approximate surface area is 169 Å². The van der Waals surface area contributed by atoms with Gasteiger partial charge in [0, 0.05) is 0 Å². The van der Waals surface area contributed by atoms with Crippen molar-refractivity contribution in [1.82, 2.24) is 0 Å². The highest BCUT2D eigenvalue weighted by molar-refractivity contribution is 5.32. The van der Waals surface area contributed by atoms with Crippen LogP contribution in [0.4, 0.5) is 0 Å². The molecule has 4 saturated carbocycles. The summed E-state index contributed by atoms with van der Waals surface area (Å²) in [5.41, 5.74) is 4.30. The van der Waals surface area contributed by atoms with Gasteiger partial charge in [-0.1, -0.05) is 65.0 Å². The van der Waals surface area contributed by atoms with Crippen molar-refractivity contribution in [2.24, 2.45) is 39.4 Å². The van der Waals surface area contributed by atoms with Gasteiger partial charge >= 0.3 is 0 Å². The van der Waals surface area contributed by atoms with E-state index in [1.807, 2.05) is 5.57 Å². The second-order valence-electron chi connectivity index (χ2n) is 12.2. The average molecular weight is 369 g/mol. The molecule has 0 amide bonds. The number of allylic oxidation sites excluding steroid dienone is 2. The molecule has 0 nitrogen and oxygen atoms in total. The van der Waals surface area contributed by atoms with Crippen LogP contribution in [0.3, 0.4) is 0 Å². The Morgan fingerprint density at radius 3 is 2.44 bits per heavy atom. The van der Waals surface area contributed by atoms with Crippen LogP contribution < -0.4 is 0 Å². The first-order chi connectivity index (χ1) is 12.9. The molecule has 5 aliphatic rings. The maximum absolute atomic E-state index is 2.86. The van der Waals surface area contributed by atoms with Gasteiger partial charge in [-0.3, -0.25) is 0 Å². The Morgan fingerprint density at radius 1 is 0.852 bits per heavy atom. The fourth-order valence-corrected chi connectivity index (χ4v) is 9.88. The Kier molecular flexibility index (Phi) is 4.25. The van der Waals surface area contributed by atoms with Gasteiger partial charge in [0.2, 0.25) is 0 Å². The monoisotopic (exact) mass is 368 g/mol. The molecular formula is C27H44. The van der Waals surface area contributed by atoms with E-state index in [0.29, 0.717) is 21.7 Å². The Morgan fingerprint density at radius 2 is 1.63 bits per heavy atom. The third-order valence-corrected chi connectivity index (χ3v) is 11.9. The Hall–Kier alpha value is -0.260. The summed E-state index contributed by atoms with van der Waals surface area (Å²) in [6.07, 6.45) is 23.7. The second kappa shape index (κ2) is 6.12. The van der Waals surface area contributed by atoms with Crippen molar-refractivity contribution in [3.8, 4) is 0 Å². The highest BCUT2D eigenvalue weighted by atomic mass is 14.7. The summed E-state index contributed by atoms with van der Waals surface area (Å²) in [6, 6.07) is 0. The summed E-state index contributed by atoms with van der Waals surface area (Å²) >= 11 is 0. The molecule has 7 unspecified atom stereocenters. The van der Waals surface area contributed by atoms with Crippen LogP contribution in [0.25, 0.3) is 0 Å². The lowest BCUT2D eigenvalue weighted by Gasteiger charge is -2.69. The predicted octanol–water partition coefficient (Wildman–Crippen LogP) is 8.32. The minimum Gasteiger partial charge on any atom is -0.0841 e. The SMILES string of the molecule is CCC12CCCCC1C1=CCC3C4(C)CCCCC4CCC3(C)C1(C)CC2. The van der Waals surface area contributed by atoms with Crippen molar-refractivity contribution in [1.29, 1.82) is 0 Å². The average Bonchev–Trinajstić information content (AvgIpc) is 2.68. The molecule has 0 aliphatic heterocycles. The van der Waals surface area contributed by atoms with Crippen molar-refractivity contribution in [2.45, 2.75) is 118 Å². The van der Waals surface area contributed by atoms with Gasteiger partial charge in [0.15, 0.2) is 0 Å². The largest absolute Gasteiger partial charge is 0.0841 e. The molecule has 0 N–H and O–H groups in total. The fraction of sp³-hybridized carbons (Fsp3) is 0.926. The molecule has 5 aliphatic carbocycles. The van der Waals surface area contributed by atoms with E-state index >= 15 is 0 Å². The summed E-state index contributed by atoms with van der Waals surface area (Å²) in [6.45, 7) is 10.7. The molecule has 0 aromatic heterocycles. The molecule has 4 fully saturated rings. The highest BCUT2D eigenvalue weighted by Crippen LogP contribution is 2.74. The molecule has 0 aromatic rings. The maximum atomic E-state index is 2.86. The van der Waals surface area contributed by atoms with Gasteiger partial charge in [-0.15, -0.1) is 0 Å². The minimum absolute atomic E-state index is 0.488. The van der Waals surface area contributed by atoms with Crippen molar-refractivity contribution in [3.63, 3.8) is 0 Å². The van der Waals surface area contributed by atoms with Crippen molar-refractivity contribution in [3.05, 3.63) is 11.6 Å². The van der Waals surface area contributed by atoms with Gasteiger partial charge in [0.25, 0.3) is 0 Å². The van der Waals surface area contributed by atoms with Gasteiger partial charge in [0.1, 0.15) is 0 Å². The van der Waals surface area contributed by atoms with Crippen LogP contribution in [0.2, 0.25) is 0 Å². The smallest absolute Gasteiger partial charge is 0.00565 e. The van der Waals surface area contributed by atoms with Crippen LogP contribution in [0, 0.1) is 39.4 Å². The molecule has 0 spiro atoms. The number of hydrogen-bond donors (Lipinski definition) is 0. The Bertz CT molecular complexity index is 630. The van der Waals surface area contributed by atoms with Gasteiger partial charge < -0.3 is 0 Å². The Balaban J connectivity index is 1.57. The zero-order chi connectivity index (χ0) is 18.9. The number of hydrogen-bond acceptors (Lipinski definition) is 0. The van der Waals surface area contributed by atoms with Gasteiger partial charge in [-0.05, 0) is 104 Å². The normalized spacial score (nSPS) is 54.8. The van der Waals surface area contributed by atoms with Crippen LogP contribution in [-0.4, -0.2) is 0 Å². The molecule has 7 atom stereocenters. The third kappa shape index (κ3) is 2.28. The van der Waals surface area contributed by atoms with Crippen molar-refractivity contribution < 1.29 is 0 Å². The van der Waals surface area contributed by atoms with Crippen LogP contribution in [0.15, 0.2) is 11.6 Å². The van der Waals surface area contributed by atoms with E-state index in [1.165, 1.54) is 89.9 Å². The molecule has 0 saturated heterocycles. The summed E-state index contributed by atoms with van der Waals surface area (Å²) in [7, 11) is 0. The molecule has 0 radical (unpaired) electrons. The minimum atomic E-state index is 0.488. The molecule has 0 bridgehead atoms. The van der Waals surface area contributed by atoms with Gasteiger partial charge in [0.05, 0.1) is 0 Å². The summed E-state index contributed by atoms with van der Waals surface area (Å²) < 4.78 is 0. The van der Waals surface area contributed by atoms with Crippen LogP contribution in [0.1, 0.15) is 118 Å². The fourth-order valence-electron chi connectivity index (χ4n) is 9.88. The lowest BCUT2D eigenvalue weighted by Crippen LogP contribution is -2.61. The van der Waals surface area contributed by atoms with Crippen LogP contribution in [-0.2, 0) is 0 Å². The van der Waals surface area contributed by atoms with Crippen molar-refractivity contribution >= 4 is 0 Å². The van der Waals surface area contributed by atoms with E-state index in [-0.39, 0.29) is 0 Å². The van der Waals surface area contributed by atoms with E-state index in [9.17, 15) is 0 Å².